The predicted octanol–water partition coefficient (Wildman–Crippen LogP) is 4.32. The van der Waals surface area contributed by atoms with E-state index in [4.69, 9.17) is 0 Å². The highest BCUT2D eigenvalue weighted by atomic mass is 14.9. The number of fused-ring (bicyclic) bond motifs is 1. The molecule has 1 saturated carbocycles. The number of aromatic nitrogens is 1. The average molecular weight is 256 g/mol. The number of nitrogens with one attached hydrogen (secondary N) is 2. The maximum Gasteiger partial charge on any atom is 0.0456 e. The fourth-order valence-corrected chi connectivity index (χ4v) is 3.02. The molecule has 2 heteroatoms. The standard InChI is InChI=1S/C17H24N2/c1-12(2)17-10-14-9-13(7-8-16(14)19-17)11-18-15-5-3-4-6-15/h7-10,12,15,18-19H,3-6,11H2,1-2H3. The first-order valence-electron chi connectivity index (χ1n) is 7.57. The number of rotatable bonds is 4. The third-order valence-electron chi connectivity index (χ3n) is 4.28. The van der Waals surface area contributed by atoms with Crippen LogP contribution in [0, 0.1) is 0 Å². The molecule has 0 radical (unpaired) electrons. The summed E-state index contributed by atoms with van der Waals surface area (Å²) in [6, 6.07) is 9.81. The number of H-pyrrole nitrogens is 1. The second-order valence-corrected chi connectivity index (χ2v) is 6.16. The predicted molar refractivity (Wildman–Crippen MR) is 81.5 cm³/mol. The molecule has 0 bridgehead atoms. The van der Waals surface area contributed by atoms with E-state index in [1.165, 1.54) is 47.8 Å². The molecule has 2 nitrogen and oxygen atoms in total. The summed E-state index contributed by atoms with van der Waals surface area (Å²) in [5.74, 6) is 0.562. The Hall–Kier alpha value is -1.28. The van der Waals surface area contributed by atoms with Crippen LogP contribution in [0.4, 0.5) is 0 Å². The second-order valence-electron chi connectivity index (χ2n) is 6.16. The van der Waals surface area contributed by atoms with E-state index < -0.39 is 0 Å². The largest absolute Gasteiger partial charge is 0.358 e. The SMILES string of the molecule is CC(C)c1cc2cc(CNC3CCCC3)ccc2[nH]1. The zero-order valence-electron chi connectivity index (χ0n) is 12.0. The van der Waals surface area contributed by atoms with E-state index in [0.29, 0.717) is 5.92 Å². The molecule has 0 spiro atoms. The van der Waals surface area contributed by atoms with Crippen molar-refractivity contribution in [3.63, 3.8) is 0 Å². The molecule has 2 aromatic rings. The zero-order chi connectivity index (χ0) is 13.2. The van der Waals surface area contributed by atoms with Crippen LogP contribution < -0.4 is 5.32 Å². The van der Waals surface area contributed by atoms with Crippen molar-refractivity contribution in [2.75, 3.05) is 0 Å². The van der Waals surface area contributed by atoms with Gasteiger partial charge in [-0.05, 0) is 47.9 Å². The molecule has 0 aliphatic heterocycles. The van der Waals surface area contributed by atoms with Crippen molar-refractivity contribution in [3.8, 4) is 0 Å². The molecule has 1 aliphatic rings. The third-order valence-corrected chi connectivity index (χ3v) is 4.28. The number of aromatic amines is 1. The van der Waals surface area contributed by atoms with Gasteiger partial charge in [0.1, 0.15) is 0 Å². The molecule has 102 valence electrons. The lowest BCUT2D eigenvalue weighted by Gasteiger charge is -2.11. The van der Waals surface area contributed by atoms with E-state index in [1.807, 2.05) is 0 Å². The highest BCUT2D eigenvalue weighted by Crippen LogP contribution is 2.23. The monoisotopic (exact) mass is 256 g/mol. The van der Waals surface area contributed by atoms with Gasteiger partial charge in [0.2, 0.25) is 0 Å². The van der Waals surface area contributed by atoms with Gasteiger partial charge in [-0.3, -0.25) is 0 Å². The molecule has 0 amide bonds. The van der Waals surface area contributed by atoms with Gasteiger partial charge in [0.05, 0.1) is 0 Å². The normalized spacial score (nSPS) is 16.8. The first-order chi connectivity index (χ1) is 9.22. The Labute approximate surface area is 115 Å². The highest BCUT2D eigenvalue weighted by molar-refractivity contribution is 5.81. The minimum absolute atomic E-state index is 0.562. The summed E-state index contributed by atoms with van der Waals surface area (Å²) >= 11 is 0. The Balaban J connectivity index is 1.73. The van der Waals surface area contributed by atoms with Crippen LogP contribution in [0.1, 0.15) is 56.7 Å². The maximum atomic E-state index is 3.68. The summed E-state index contributed by atoms with van der Waals surface area (Å²) in [4.78, 5) is 3.50. The summed E-state index contributed by atoms with van der Waals surface area (Å²) in [5.41, 5.74) is 3.98. The summed E-state index contributed by atoms with van der Waals surface area (Å²) in [6.45, 7) is 5.46. The third kappa shape index (κ3) is 2.84. The van der Waals surface area contributed by atoms with Crippen molar-refractivity contribution >= 4 is 10.9 Å². The number of hydrogen-bond donors (Lipinski definition) is 2. The van der Waals surface area contributed by atoms with Crippen molar-refractivity contribution in [1.82, 2.24) is 10.3 Å². The topological polar surface area (TPSA) is 27.8 Å². The smallest absolute Gasteiger partial charge is 0.0456 e. The fourth-order valence-electron chi connectivity index (χ4n) is 3.02. The van der Waals surface area contributed by atoms with Crippen LogP contribution in [0.3, 0.4) is 0 Å². The van der Waals surface area contributed by atoms with Gasteiger partial charge in [0.25, 0.3) is 0 Å². The molecule has 0 unspecified atom stereocenters. The van der Waals surface area contributed by atoms with Gasteiger partial charge >= 0.3 is 0 Å². The summed E-state index contributed by atoms with van der Waals surface area (Å²) in [7, 11) is 0. The van der Waals surface area contributed by atoms with Crippen LogP contribution in [0.2, 0.25) is 0 Å². The van der Waals surface area contributed by atoms with E-state index in [-0.39, 0.29) is 0 Å². The first-order valence-corrected chi connectivity index (χ1v) is 7.57. The molecule has 1 aromatic carbocycles. The Morgan fingerprint density at radius 3 is 2.74 bits per heavy atom. The lowest BCUT2D eigenvalue weighted by atomic mass is 10.1. The van der Waals surface area contributed by atoms with E-state index in [0.717, 1.165) is 12.6 Å². The maximum absolute atomic E-state index is 3.68. The van der Waals surface area contributed by atoms with Gasteiger partial charge in [0.15, 0.2) is 0 Å². The lowest BCUT2D eigenvalue weighted by molar-refractivity contribution is 0.524. The second kappa shape index (κ2) is 5.38. The average Bonchev–Trinajstić information content (AvgIpc) is 3.04. The van der Waals surface area contributed by atoms with E-state index in [9.17, 15) is 0 Å². The van der Waals surface area contributed by atoms with Gasteiger partial charge in [0, 0.05) is 23.8 Å². The molecule has 1 fully saturated rings. The zero-order valence-corrected chi connectivity index (χ0v) is 12.0. The summed E-state index contributed by atoms with van der Waals surface area (Å²) in [6.07, 6.45) is 5.49. The molecular weight excluding hydrogens is 232 g/mol. The van der Waals surface area contributed by atoms with Crippen LogP contribution >= 0.6 is 0 Å². The minimum Gasteiger partial charge on any atom is -0.358 e. The van der Waals surface area contributed by atoms with Gasteiger partial charge < -0.3 is 10.3 Å². The van der Waals surface area contributed by atoms with Crippen molar-refractivity contribution in [1.29, 1.82) is 0 Å². The molecular formula is C17H24N2. The molecule has 1 heterocycles. The fraction of sp³-hybridized carbons (Fsp3) is 0.529. The van der Waals surface area contributed by atoms with Crippen molar-refractivity contribution in [2.24, 2.45) is 0 Å². The molecule has 19 heavy (non-hydrogen) atoms. The molecule has 2 N–H and O–H groups in total. The molecule has 1 aliphatic carbocycles. The van der Waals surface area contributed by atoms with Gasteiger partial charge in [-0.25, -0.2) is 0 Å². The van der Waals surface area contributed by atoms with Gasteiger partial charge in [-0.2, -0.15) is 0 Å². The van der Waals surface area contributed by atoms with E-state index in [2.05, 4.69) is 48.4 Å². The van der Waals surface area contributed by atoms with Crippen molar-refractivity contribution < 1.29 is 0 Å². The summed E-state index contributed by atoms with van der Waals surface area (Å²) in [5, 5.41) is 5.02. The number of hydrogen-bond acceptors (Lipinski definition) is 1. The minimum atomic E-state index is 0.562. The Kier molecular flexibility index (Phi) is 3.61. The van der Waals surface area contributed by atoms with Crippen molar-refractivity contribution in [2.45, 2.75) is 58.0 Å². The van der Waals surface area contributed by atoms with Gasteiger partial charge in [-0.15, -0.1) is 0 Å². The molecule has 0 atom stereocenters. The highest BCUT2D eigenvalue weighted by Gasteiger charge is 2.13. The van der Waals surface area contributed by atoms with Crippen molar-refractivity contribution in [3.05, 3.63) is 35.5 Å². The summed E-state index contributed by atoms with van der Waals surface area (Å²) < 4.78 is 0. The Morgan fingerprint density at radius 2 is 2.00 bits per heavy atom. The Bertz CT molecular complexity index is 547. The molecule has 1 aromatic heterocycles. The van der Waals surface area contributed by atoms with Crippen LogP contribution in [0.25, 0.3) is 10.9 Å². The molecule has 0 saturated heterocycles. The van der Waals surface area contributed by atoms with Crippen LogP contribution in [0.15, 0.2) is 24.3 Å². The first kappa shape index (κ1) is 12.7. The van der Waals surface area contributed by atoms with Crippen LogP contribution in [0.5, 0.6) is 0 Å². The van der Waals surface area contributed by atoms with Crippen LogP contribution in [-0.2, 0) is 6.54 Å². The Morgan fingerprint density at radius 1 is 1.21 bits per heavy atom. The lowest BCUT2D eigenvalue weighted by Crippen LogP contribution is -2.25. The quantitative estimate of drug-likeness (QED) is 0.837. The molecule has 3 rings (SSSR count). The number of benzene rings is 1. The van der Waals surface area contributed by atoms with Crippen LogP contribution in [-0.4, -0.2) is 11.0 Å². The van der Waals surface area contributed by atoms with Gasteiger partial charge in [-0.1, -0.05) is 32.8 Å². The van der Waals surface area contributed by atoms with E-state index in [1.54, 1.807) is 0 Å². The van der Waals surface area contributed by atoms with E-state index >= 15 is 0 Å².